The minimum Gasteiger partial charge on any atom is -0.433 e. The summed E-state index contributed by atoms with van der Waals surface area (Å²) in [6, 6.07) is 25.6. The zero-order chi connectivity index (χ0) is 27.5. The van der Waals surface area contributed by atoms with Gasteiger partial charge in [0, 0.05) is 21.1 Å². The fourth-order valence-electron chi connectivity index (χ4n) is 4.25. The Kier molecular flexibility index (Phi) is 7.28. The van der Waals surface area contributed by atoms with Crippen molar-refractivity contribution in [2.45, 2.75) is 12.8 Å². The third kappa shape index (κ3) is 5.32. The summed E-state index contributed by atoms with van der Waals surface area (Å²) in [5.41, 5.74) is 2.09. The topological polar surface area (TPSA) is 114 Å². The molecule has 5 aromatic rings. The Labute approximate surface area is 233 Å². The van der Waals surface area contributed by atoms with Gasteiger partial charge in [0.25, 0.3) is 0 Å². The summed E-state index contributed by atoms with van der Waals surface area (Å²) in [4.78, 5) is 19.7. The molecular weight excluding hydrogens is 537 g/mol. The molecular formula is C29H19Cl2N5O3. The number of aromatic nitrogens is 2. The molecule has 1 atom stereocenters. The molecule has 0 aliphatic rings. The number of halogens is 2. The van der Waals surface area contributed by atoms with Crippen LogP contribution in [0.1, 0.15) is 22.6 Å². The van der Waals surface area contributed by atoms with Gasteiger partial charge in [0.2, 0.25) is 5.82 Å². The van der Waals surface area contributed by atoms with Gasteiger partial charge in [0.15, 0.2) is 0 Å². The molecule has 0 radical (unpaired) electrons. The number of nitrogens with one attached hydrogen (secondary N) is 1. The van der Waals surface area contributed by atoms with Gasteiger partial charge >= 0.3 is 11.6 Å². The Morgan fingerprint density at radius 2 is 1.77 bits per heavy atom. The molecule has 1 aromatic heterocycles. The van der Waals surface area contributed by atoms with Crippen molar-refractivity contribution < 1.29 is 9.66 Å². The first-order valence-corrected chi connectivity index (χ1v) is 12.5. The molecule has 0 saturated carbocycles. The molecule has 0 fully saturated rings. The van der Waals surface area contributed by atoms with E-state index < -0.39 is 16.5 Å². The van der Waals surface area contributed by atoms with Gasteiger partial charge in [-0.1, -0.05) is 77.8 Å². The summed E-state index contributed by atoms with van der Waals surface area (Å²) in [7, 11) is 0. The third-order valence-corrected chi connectivity index (χ3v) is 6.75. The first kappa shape index (κ1) is 25.9. The lowest BCUT2D eigenvalue weighted by molar-refractivity contribution is -0.385. The van der Waals surface area contributed by atoms with Crippen LogP contribution in [0, 0.1) is 28.4 Å². The lowest BCUT2D eigenvalue weighted by Crippen LogP contribution is -2.06. The number of ether oxygens (including phenoxy) is 1. The number of hydrogen-bond donors (Lipinski definition) is 1. The molecule has 0 spiro atoms. The Bertz CT molecular complexity index is 1750. The summed E-state index contributed by atoms with van der Waals surface area (Å²) in [6.07, 6.45) is 1.19. The maximum absolute atomic E-state index is 12.1. The lowest BCUT2D eigenvalue weighted by Gasteiger charge is -2.16. The number of rotatable bonds is 7. The smallest absolute Gasteiger partial charge is 0.373 e. The average molecular weight is 556 g/mol. The molecule has 0 aliphatic carbocycles. The number of benzene rings is 4. The van der Waals surface area contributed by atoms with Gasteiger partial charge in [0.1, 0.15) is 12.1 Å². The van der Waals surface area contributed by atoms with Crippen molar-refractivity contribution in [2.24, 2.45) is 0 Å². The van der Waals surface area contributed by atoms with Gasteiger partial charge in [-0.15, -0.1) is 0 Å². The van der Waals surface area contributed by atoms with Crippen LogP contribution < -0.4 is 10.1 Å². The molecule has 0 aliphatic heterocycles. The Morgan fingerprint density at radius 3 is 2.51 bits per heavy atom. The van der Waals surface area contributed by atoms with Crippen molar-refractivity contribution in [3.8, 4) is 17.7 Å². The number of aryl methyl sites for hydroxylation is 1. The van der Waals surface area contributed by atoms with Gasteiger partial charge in [-0.3, -0.25) is 10.1 Å². The molecule has 4 aromatic carbocycles. The van der Waals surface area contributed by atoms with Crippen molar-refractivity contribution >= 4 is 51.2 Å². The fraction of sp³-hybridized carbons (Fsp3) is 0.0690. The van der Waals surface area contributed by atoms with E-state index in [2.05, 4.69) is 21.4 Å². The van der Waals surface area contributed by atoms with E-state index in [-0.39, 0.29) is 11.7 Å². The number of anilines is 2. The van der Waals surface area contributed by atoms with E-state index in [4.69, 9.17) is 27.9 Å². The average Bonchev–Trinajstić information content (AvgIpc) is 2.93. The molecule has 1 heterocycles. The molecule has 0 bridgehead atoms. The molecule has 192 valence electrons. The van der Waals surface area contributed by atoms with Crippen LogP contribution in [0.2, 0.25) is 10.0 Å². The van der Waals surface area contributed by atoms with Gasteiger partial charge in [0.05, 0.1) is 16.9 Å². The highest BCUT2D eigenvalue weighted by Gasteiger charge is 2.27. The molecule has 0 amide bonds. The highest BCUT2D eigenvalue weighted by Crippen LogP contribution is 2.40. The Balaban J connectivity index is 1.50. The maximum Gasteiger partial charge on any atom is 0.373 e. The standard InChI is InChI=1S/C29H19Cl2N5O3/c1-17-13-22(23(15-32)19-9-11-20(30)12-10-19)24(31)14-25(17)35-28-27(36(37)38)29(34-16-33-28)39-26-8-4-6-18-5-2-3-7-21(18)26/h2-14,16,23H,1H3,(H,33,34,35). The third-order valence-electron chi connectivity index (χ3n) is 6.17. The number of nitrogens with zero attached hydrogens (tertiary/aromatic N) is 4. The summed E-state index contributed by atoms with van der Waals surface area (Å²) in [6.45, 7) is 1.80. The summed E-state index contributed by atoms with van der Waals surface area (Å²) in [5, 5.41) is 27.6. The lowest BCUT2D eigenvalue weighted by atomic mass is 9.91. The predicted molar refractivity (Wildman–Crippen MR) is 151 cm³/mol. The minimum atomic E-state index is -0.628. The number of nitro groups is 1. The van der Waals surface area contributed by atoms with Crippen LogP contribution in [-0.2, 0) is 0 Å². The van der Waals surface area contributed by atoms with Crippen LogP contribution in [0.25, 0.3) is 10.8 Å². The van der Waals surface area contributed by atoms with E-state index in [1.807, 2.05) is 30.3 Å². The molecule has 1 unspecified atom stereocenters. The van der Waals surface area contributed by atoms with Crippen molar-refractivity contribution in [1.82, 2.24) is 9.97 Å². The molecule has 1 N–H and O–H groups in total. The van der Waals surface area contributed by atoms with Crippen LogP contribution >= 0.6 is 23.2 Å². The van der Waals surface area contributed by atoms with E-state index in [1.165, 1.54) is 6.33 Å². The first-order chi connectivity index (χ1) is 18.9. The predicted octanol–water partition coefficient (Wildman–Crippen LogP) is 8.34. The molecule has 0 saturated heterocycles. The number of hydrogen-bond acceptors (Lipinski definition) is 7. The molecule has 10 heteroatoms. The maximum atomic E-state index is 12.1. The van der Waals surface area contributed by atoms with Crippen molar-refractivity contribution in [3.05, 3.63) is 122 Å². The number of nitriles is 1. The van der Waals surface area contributed by atoms with Crippen molar-refractivity contribution in [1.29, 1.82) is 5.26 Å². The molecule has 5 rings (SSSR count). The molecule has 39 heavy (non-hydrogen) atoms. The van der Waals surface area contributed by atoms with Crippen molar-refractivity contribution in [3.63, 3.8) is 0 Å². The minimum absolute atomic E-state index is 0.0633. The first-order valence-electron chi connectivity index (χ1n) is 11.7. The largest absolute Gasteiger partial charge is 0.433 e. The summed E-state index contributed by atoms with van der Waals surface area (Å²) >= 11 is 12.6. The van der Waals surface area contributed by atoms with E-state index in [1.54, 1.807) is 55.5 Å². The van der Waals surface area contributed by atoms with E-state index in [0.29, 0.717) is 32.6 Å². The highest BCUT2D eigenvalue weighted by molar-refractivity contribution is 6.32. The van der Waals surface area contributed by atoms with Gasteiger partial charge in [-0.05, 0) is 53.3 Å². The second-order valence-electron chi connectivity index (χ2n) is 8.64. The number of fused-ring (bicyclic) bond motifs is 1. The van der Waals surface area contributed by atoms with Gasteiger partial charge in [-0.25, -0.2) is 4.98 Å². The van der Waals surface area contributed by atoms with Crippen LogP contribution in [0.5, 0.6) is 11.6 Å². The quantitative estimate of drug-likeness (QED) is 0.158. The fourth-order valence-corrected chi connectivity index (χ4v) is 4.65. The second-order valence-corrected chi connectivity index (χ2v) is 9.48. The molecule has 8 nitrogen and oxygen atoms in total. The van der Waals surface area contributed by atoms with Crippen LogP contribution in [0.3, 0.4) is 0 Å². The van der Waals surface area contributed by atoms with Gasteiger partial charge < -0.3 is 10.1 Å². The van der Waals surface area contributed by atoms with Crippen LogP contribution in [0.15, 0.2) is 85.2 Å². The van der Waals surface area contributed by atoms with E-state index >= 15 is 0 Å². The summed E-state index contributed by atoms with van der Waals surface area (Å²) in [5.74, 6) is -0.473. The van der Waals surface area contributed by atoms with Gasteiger partial charge in [-0.2, -0.15) is 10.2 Å². The Morgan fingerprint density at radius 1 is 1.03 bits per heavy atom. The second kappa shape index (κ2) is 11.0. The van der Waals surface area contributed by atoms with Crippen LogP contribution in [0.4, 0.5) is 17.2 Å². The van der Waals surface area contributed by atoms with E-state index in [9.17, 15) is 15.4 Å². The summed E-state index contributed by atoms with van der Waals surface area (Å²) < 4.78 is 5.93. The normalized spacial score (nSPS) is 11.5. The Hall–Kier alpha value is -4.71. The highest BCUT2D eigenvalue weighted by atomic mass is 35.5. The SMILES string of the molecule is Cc1cc(C(C#N)c2ccc(Cl)cc2)c(Cl)cc1Nc1ncnc(Oc2cccc3ccccc23)c1[N+](=O)[O-]. The van der Waals surface area contributed by atoms with Crippen molar-refractivity contribution in [2.75, 3.05) is 5.32 Å². The van der Waals surface area contributed by atoms with Crippen LogP contribution in [-0.4, -0.2) is 14.9 Å². The zero-order valence-corrected chi connectivity index (χ0v) is 21.9. The zero-order valence-electron chi connectivity index (χ0n) is 20.4. The van der Waals surface area contributed by atoms with E-state index in [0.717, 1.165) is 16.3 Å². The monoisotopic (exact) mass is 555 g/mol.